The van der Waals surface area contributed by atoms with Crippen LogP contribution in [0.3, 0.4) is 0 Å². The van der Waals surface area contributed by atoms with E-state index in [9.17, 15) is 19.5 Å². The van der Waals surface area contributed by atoms with Crippen LogP contribution in [0.4, 0.5) is 5.69 Å². The summed E-state index contributed by atoms with van der Waals surface area (Å²) < 4.78 is 0. The maximum atomic E-state index is 12.3. The molecule has 1 aromatic carbocycles. The topological polar surface area (TPSA) is 98.7 Å². The molecule has 0 aliphatic heterocycles. The van der Waals surface area contributed by atoms with Crippen LogP contribution in [0.2, 0.25) is 0 Å². The molecule has 0 heterocycles. The number of hydrogen-bond donors (Lipinski definition) is 3. The van der Waals surface area contributed by atoms with E-state index in [4.69, 9.17) is 0 Å². The second-order valence-electron chi connectivity index (χ2n) is 6.45. The Labute approximate surface area is 154 Å². The third-order valence-corrected chi connectivity index (χ3v) is 4.40. The number of hydrogen-bond acceptors (Lipinski definition) is 4. The van der Waals surface area contributed by atoms with Crippen LogP contribution in [0.25, 0.3) is 0 Å². The molecule has 0 saturated heterocycles. The van der Waals surface area contributed by atoms with Gasteiger partial charge in [-0.2, -0.15) is 0 Å². The SMILES string of the molecule is CCC(C)c1ccc(NC(=O)CN(CCNC(C)=O)C(C)C(=O)O)cc1. The Hall–Kier alpha value is -2.41. The van der Waals surface area contributed by atoms with Gasteiger partial charge in [-0.25, -0.2) is 0 Å². The van der Waals surface area contributed by atoms with Gasteiger partial charge in [0.2, 0.25) is 11.8 Å². The van der Waals surface area contributed by atoms with Crippen molar-refractivity contribution in [2.24, 2.45) is 0 Å². The van der Waals surface area contributed by atoms with Gasteiger partial charge < -0.3 is 15.7 Å². The van der Waals surface area contributed by atoms with E-state index in [1.54, 1.807) is 0 Å². The second kappa shape index (κ2) is 10.6. The molecule has 0 saturated carbocycles. The molecule has 26 heavy (non-hydrogen) atoms. The highest BCUT2D eigenvalue weighted by Crippen LogP contribution is 2.20. The highest BCUT2D eigenvalue weighted by Gasteiger charge is 2.22. The molecule has 2 unspecified atom stereocenters. The van der Waals surface area contributed by atoms with Crippen LogP contribution in [-0.4, -0.2) is 53.5 Å². The number of nitrogens with zero attached hydrogens (tertiary/aromatic N) is 1. The summed E-state index contributed by atoms with van der Waals surface area (Å²) in [5, 5.41) is 14.6. The molecule has 0 spiro atoms. The first kappa shape index (κ1) is 21.6. The molecule has 0 aliphatic rings. The van der Waals surface area contributed by atoms with Gasteiger partial charge in [0.15, 0.2) is 0 Å². The number of rotatable bonds is 10. The summed E-state index contributed by atoms with van der Waals surface area (Å²) in [5.41, 5.74) is 1.88. The molecule has 0 bridgehead atoms. The van der Waals surface area contributed by atoms with Gasteiger partial charge in [0.1, 0.15) is 6.04 Å². The molecule has 0 fully saturated rings. The lowest BCUT2D eigenvalue weighted by Gasteiger charge is -2.25. The van der Waals surface area contributed by atoms with E-state index in [0.29, 0.717) is 11.6 Å². The van der Waals surface area contributed by atoms with Gasteiger partial charge in [-0.05, 0) is 37.0 Å². The molecule has 2 amide bonds. The van der Waals surface area contributed by atoms with E-state index in [1.807, 2.05) is 24.3 Å². The number of carbonyl (C=O) groups excluding carboxylic acids is 2. The van der Waals surface area contributed by atoms with Crippen molar-refractivity contribution in [3.8, 4) is 0 Å². The fourth-order valence-electron chi connectivity index (χ4n) is 2.46. The molecule has 2 atom stereocenters. The zero-order chi connectivity index (χ0) is 19.7. The van der Waals surface area contributed by atoms with E-state index in [2.05, 4.69) is 24.5 Å². The Kier molecular flexibility index (Phi) is 8.78. The minimum absolute atomic E-state index is 0.0693. The maximum absolute atomic E-state index is 12.3. The number of aliphatic carboxylic acids is 1. The molecule has 7 nitrogen and oxygen atoms in total. The number of carboxylic acids is 1. The normalized spacial score (nSPS) is 13.1. The van der Waals surface area contributed by atoms with Crippen LogP contribution in [0.1, 0.15) is 45.6 Å². The molecular formula is C19H29N3O4. The van der Waals surface area contributed by atoms with Crippen molar-refractivity contribution < 1.29 is 19.5 Å². The van der Waals surface area contributed by atoms with Crippen LogP contribution >= 0.6 is 0 Å². The molecule has 1 rings (SSSR count). The third kappa shape index (κ3) is 7.23. The lowest BCUT2D eigenvalue weighted by Crippen LogP contribution is -2.46. The average molecular weight is 363 g/mol. The first-order chi connectivity index (χ1) is 12.2. The van der Waals surface area contributed by atoms with Gasteiger partial charge in [-0.15, -0.1) is 0 Å². The molecule has 0 aliphatic carbocycles. The summed E-state index contributed by atoms with van der Waals surface area (Å²) in [6.45, 7) is 7.66. The van der Waals surface area contributed by atoms with Gasteiger partial charge in [0.05, 0.1) is 6.54 Å². The predicted molar refractivity (Wildman–Crippen MR) is 101 cm³/mol. The van der Waals surface area contributed by atoms with Gasteiger partial charge in [-0.3, -0.25) is 19.3 Å². The Morgan fingerprint density at radius 1 is 1.15 bits per heavy atom. The first-order valence-electron chi connectivity index (χ1n) is 8.85. The summed E-state index contributed by atoms with van der Waals surface area (Å²) in [7, 11) is 0. The minimum atomic E-state index is -1.02. The van der Waals surface area contributed by atoms with Crippen molar-refractivity contribution in [2.75, 3.05) is 25.0 Å². The quantitative estimate of drug-likeness (QED) is 0.591. The van der Waals surface area contributed by atoms with Crippen LogP contribution in [0, 0.1) is 0 Å². The van der Waals surface area contributed by atoms with E-state index in [-0.39, 0.29) is 31.4 Å². The summed E-state index contributed by atoms with van der Waals surface area (Å²) in [5.74, 6) is -1.05. The van der Waals surface area contributed by atoms with Crippen molar-refractivity contribution in [3.63, 3.8) is 0 Å². The number of amides is 2. The molecule has 7 heteroatoms. The van der Waals surface area contributed by atoms with Crippen molar-refractivity contribution >= 4 is 23.5 Å². The molecular weight excluding hydrogens is 334 g/mol. The van der Waals surface area contributed by atoms with Gasteiger partial charge in [-0.1, -0.05) is 26.0 Å². The summed E-state index contributed by atoms with van der Waals surface area (Å²) in [6.07, 6.45) is 1.04. The number of carboxylic acid groups (broad SMARTS) is 1. The van der Waals surface area contributed by atoms with Crippen LogP contribution in [0.5, 0.6) is 0 Å². The summed E-state index contributed by atoms with van der Waals surface area (Å²) >= 11 is 0. The molecule has 1 aromatic rings. The number of anilines is 1. The fourth-order valence-corrected chi connectivity index (χ4v) is 2.46. The van der Waals surface area contributed by atoms with Crippen molar-refractivity contribution in [3.05, 3.63) is 29.8 Å². The molecule has 3 N–H and O–H groups in total. The lowest BCUT2D eigenvalue weighted by atomic mass is 9.99. The van der Waals surface area contributed by atoms with Crippen LogP contribution in [-0.2, 0) is 14.4 Å². The summed E-state index contributed by atoms with van der Waals surface area (Å²) in [4.78, 5) is 36.0. The highest BCUT2D eigenvalue weighted by atomic mass is 16.4. The van der Waals surface area contributed by atoms with E-state index < -0.39 is 12.0 Å². The van der Waals surface area contributed by atoms with Gasteiger partial charge in [0, 0.05) is 25.7 Å². The standard InChI is InChI=1S/C19H29N3O4/c1-5-13(2)16-6-8-17(9-7-16)21-18(24)12-22(14(3)19(25)26)11-10-20-15(4)23/h6-9,13-14H,5,10-12H2,1-4H3,(H,20,23)(H,21,24)(H,25,26). The smallest absolute Gasteiger partial charge is 0.320 e. The third-order valence-electron chi connectivity index (χ3n) is 4.40. The maximum Gasteiger partial charge on any atom is 0.320 e. The van der Waals surface area contributed by atoms with E-state index >= 15 is 0 Å². The van der Waals surface area contributed by atoms with E-state index in [0.717, 1.165) is 6.42 Å². The van der Waals surface area contributed by atoms with E-state index in [1.165, 1.54) is 24.3 Å². The molecule has 0 aromatic heterocycles. The number of benzene rings is 1. The molecule has 144 valence electrons. The van der Waals surface area contributed by atoms with Crippen LogP contribution in [0.15, 0.2) is 24.3 Å². The van der Waals surface area contributed by atoms with Gasteiger partial charge in [0.25, 0.3) is 0 Å². The Bertz CT molecular complexity index is 616. The van der Waals surface area contributed by atoms with Gasteiger partial charge >= 0.3 is 5.97 Å². The van der Waals surface area contributed by atoms with Crippen molar-refractivity contribution in [1.29, 1.82) is 0 Å². The lowest BCUT2D eigenvalue weighted by molar-refractivity contribution is -0.142. The monoisotopic (exact) mass is 363 g/mol. The minimum Gasteiger partial charge on any atom is -0.480 e. The largest absolute Gasteiger partial charge is 0.480 e. The van der Waals surface area contributed by atoms with Crippen molar-refractivity contribution in [2.45, 2.75) is 46.1 Å². The Morgan fingerprint density at radius 2 is 1.77 bits per heavy atom. The summed E-state index contributed by atoms with van der Waals surface area (Å²) in [6, 6.07) is 6.84. The Balaban J connectivity index is 2.67. The molecule has 0 radical (unpaired) electrons. The first-order valence-corrected chi connectivity index (χ1v) is 8.85. The zero-order valence-corrected chi connectivity index (χ0v) is 15.9. The number of carbonyl (C=O) groups is 3. The number of nitrogens with one attached hydrogen (secondary N) is 2. The van der Waals surface area contributed by atoms with Crippen molar-refractivity contribution in [1.82, 2.24) is 10.2 Å². The highest BCUT2D eigenvalue weighted by molar-refractivity contribution is 5.92. The fraction of sp³-hybridized carbons (Fsp3) is 0.526. The Morgan fingerprint density at radius 3 is 2.27 bits per heavy atom. The second-order valence-corrected chi connectivity index (χ2v) is 6.45. The predicted octanol–water partition coefficient (Wildman–Crippen LogP) is 2.05. The zero-order valence-electron chi connectivity index (χ0n) is 15.9. The van der Waals surface area contributed by atoms with Crippen LogP contribution < -0.4 is 10.6 Å². The average Bonchev–Trinajstić information content (AvgIpc) is 2.59.